The van der Waals surface area contributed by atoms with Crippen LogP contribution in [0.2, 0.25) is 0 Å². The van der Waals surface area contributed by atoms with Crippen molar-refractivity contribution in [3.63, 3.8) is 0 Å². The molecule has 2 saturated heterocycles. The van der Waals surface area contributed by atoms with E-state index in [0.29, 0.717) is 6.04 Å². The van der Waals surface area contributed by atoms with E-state index in [1.54, 1.807) is 0 Å². The summed E-state index contributed by atoms with van der Waals surface area (Å²) in [5, 5.41) is 12.5. The molecule has 70 valence electrons. The van der Waals surface area contributed by atoms with Crippen LogP contribution in [0.3, 0.4) is 0 Å². The van der Waals surface area contributed by atoms with Gasteiger partial charge in [0, 0.05) is 25.7 Å². The average molecular weight is 170 g/mol. The van der Waals surface area contributed by atoms with Crippen LogP contribution in [0.1, 0.15) is 13.3 Å². The zero-order valence-electron chi connectivity index (χ0n) is 7.66. The zero-order chi connectivity index (χ0) is 8.55. The summed E-state index contributed by atoms with van der Waals surface area (Å²) in [6, 6.07) is 0.647. The summed E-state index contributed by atoms with van der Waals surface area (Å²) in [5.41, 5.74) is 0. The van der Waals surface area contributed by atoms with Gasteiger partial charge in [0.2, 0.25) is 0 Å². The van der Waals surface area contributed by atoms with Crippen molar-refractivity contribution < 1.29 is 5.11 Å². The maximum absolute atomic E-state index is 9.11. The Bertz CT molecular complexity index is 161. The van der Waals surface area contributed by atoms with E-state index in [-0.39, 0.29) is 6.10 Å². The summed E-state index contributed by atoms with van der Waals surface area (Å²) >= 11 is 0. The standard InChI is InChI=1S/C9H18N2O/c1-7(12)4-10-9-6-11-3-2-8(9)5-11/h7-10,12H,2-6H2,1H3/t7-,8?,9?/m1/s1. The van der Waals surface area contributed by atoms with Crippen molar-refractivity contribution in [2.75, 3.05) is 26.2 Å². The van der Waals surface area contributed by atoms with Gasteiger partial charge in [-0.3, -0.25) is 0 Å². The Morgan fingerprint density at radius 1 is 1.58 bits per heavy atom. The maximum atomic E-state index is 9.11. The summed E-state index contributed by atoms with van der Waals surface area (Å²) < 4.78 is 0. The van der Waals surface area contributed by atoms with E-state index in [1.807, 2.05) is 6.92 Å². The first-order valence-electron chi connectivity index (χ1n) is 4.89. The number of nitrogens with one attached hydrogen (secondary N) is 1. The van der Waals surface area contributed by atoms with Crippen LogP contribution in [0.4, 0.5) is 0 Å². The van der Waals surface area contributed by atoms with Gasteiger partial charge >= 0.3 is 0 Å². The SMILES string of the molecule is C[C@@H](O)CNC1CN2CCC1C2. The van der Waals surface area contributed by atoms with Gasteiger partial charge in [-0.05, 0) is 25.8 Å². The molecule has 2 heterocycles. The minimum atomic E-state index is -0.209. The fourth-order valence-corrected chi connectivity index (χ4v) is 2.34. The minimum Gasteiger partial charge on any atom is -0.392 e. The van der Waals surface area contributed by atoms with Crippen molar-refractivity contribution >= 4 is 0 Å². The highest BCUT2D eigenvalue weighted by Crippen LogP contribution is 2.27. The highest BCUT2D eigenvalue weighted by atomic mass is 16.3. The molecule has 2 aliphatic rings. The summed E-state index contributed by atoms with van der Waals surface area (Å²) in [7, 11) is 0. The van der Waals surface area contributed by atoms with Crippen LogP contribution in [0.5, 0.6) is 0 Å². The van der Waals surface area contributed by atoms with Crippen molar-refractivity contribution in [3.8, 4) is 0 Å². The number of aliphatic hydroxyl groups excluding tert-OH is 1. The molecule has 0 aromatic rings. The zero-order valence-corrected chi connectivity index (χ0v) is 7.66. The highest BCUT2D eigenvalue weighted by Gasteiger charge is 2.37. The van der Waals surface area contributed by atoms with Gasteiger partial charge in [-0.15, -0.1) is 0 Å². The van der Waals surface area contributed by atoms with Crippen LogP contribution in [0.25, 0.3) is 0 Å². The number of fused-ring (bicyclic) bond motifs is 2. The maximum Gasteiger partial charge on any atom is 0.0636 e. The molecule has 0 spiro atoms. The van der Waals surface area contributed by atoms with Crippen molar-refractivity contribution in [3.05, 3.63) is 0 Å². The van der Waals surface area contributed by atoms with E-state index in [4.69, 9.17) is 5.11 Å². The van der Waals surface area contributed by atoms with E-state index in [2.05, 4.69) is 10.2 Å². The molecule has 0 saturated carbocycles. The Hall–Kier alpha value is -0.120. The van der Waals surface area contributed by atoms with Crippen molar-refractivity contribution in [1.82, 2.24) is 10.2 Å². The molecule has 12 heavy (non-hydrogen) atoms. The predicted molar refractivity (Wildman–Crippen MR) is 48.0 cm³/mol. The lowest BCUT2D eigenvalue weighted by atomic mass is 10.00. The number of aliphatic hydroxyl groups is 1. The molecular formula is C9H18N2O. The molecule has 3 nitrogen and oxygen atoms in total. The second kappa shape index (κ2) is 3.32. The number of rotatable bonds is 3. The molecule has 0 aromatic heterocycles. The largest absolute Gasteiger partial charge is 0.392 e. The Morgan fingerprint density at radius 2 is 2.42 bits per heavy atom. The molecule has 2 N–H and O–H groups in total. The first-order chi connectivity index (χ1) is 5.75. The lowest BCUT2D eigenvalue weighted by Crippen LogP contribution is -2.42. The molecular weight excluding hydrogens is 152 g/mol. The first-order valence-corrected chi connectivity index (χ1v) is 4.89. The molecule has 0 aromatic carbocycles. The Morgan fingerprint density at radius 3 is 2.92 bits per heavy atom. The van der Waals surface area contributed by atoms with Gasteiger partial charge in [-0.2, -0.15) is 0 Å². The van der Waals surface area contributed by atoms with Gasteiger partial charge in [0.05, 0.1) is 6.10 Å². The van der Waals surface area contributed by atoms with Gasteiger partial charge < -0.3 is 15.3 Å². The molecule has 0 aliphatic carbocycles. The van der Waals surface area contributed by atoms with Gasteiger partial charge in [-0.1, -0.05) is 0 Å². The average Bonchev–Trinajstić information content (AvgIpc) is 2.60. The molecule has 2 fully saturated rings. The third-order valence-corrected chi connectivity index (χ3v) is 3.01. The molecule has 3 heteroatoms. The molecule has 0 amide bonds. The molecule has 2 rings (SSSR count). The lowest BCUT2D eigenvalue weighted by molar-refractivity contribution is 0.179. The monoisotopic (exact) mass is 170 g/mol. The third-order valence-electron chi connectivity index (χ3n) is 3.01. The lowest BCUT2D eigenvalue weighted by Gasteiger charge is -2.23. The van der Waals surface area contributed by atoms with E-state index in [1.165, 1.54) is 26.1 Å². The van der Waals surface area contributed by atoms with Crippen LogP contribution in [-0.2, 0) is 0 Å². The van der Waals surface area contributed by atoms with Gasteiger partial charge in [-0.25, -0.2) is 0 Å². The summed E-state index contributed by atoms with van der Waals surface area (Å²) in [4.78, 5) is 2.50. The molecule has 0 radical (unpaired) electrons. The van der Waals surface area contributed by atoms with Crippen LogP contribution in [0.15, 0.2) is 0 Å². The second-order valence-electron chi connectivity index (χ2n) is 4.17. The number of hydrogen-bond donors (Lipinski definition) is 2. The van der Waals surface area contributed by atoms with Crippen LogP contribution in [-0.4, -0.2) is 48.3 Å². The Labute approximate surface area is 73.8 Å². The van der Waals surface area contributed by atoms with E-state index < -0.39 is 0 Å². The Balaban J connectivity index is 1.76. The van der Waals surface area contributed by atoms with Crippen LogP contribution >= 0.6 is 0 Å². The first kappa shape index (κ1) is 8.48. The van der Waals surface area contributed by atoms with Gasteiger partial charge in [0.15, 0.2) is 0 Å². The minimum absolute atomic E-state index is 0.209. The summed E-state index contributed by atoms with van der Waals surface area (Å²) in [5.74, 6) is 0.851. The van der Waals surface area contributed by atoms with E-state index >= 15 is 0 Å². The fraction of sp³-hybridized carbons (Fsp3) is 1.00. The number of hydrogen-bond acceptors (Lipinski definition) is 3. The topological polar surface area (TPSA) is 35.5 Å². The molecule has 4 atom stereocenters. The third kappa shape index (κ3) is 1.63. The van der Waals surface area contributed by atoms with Gasteiger partial charge in [0.1, 0.15) is 0 Å². The predicted octanol–water partition coefficient (Wildman–Crippen LogP) is -0.339. The molecule has 3 unspecified atom stereocenters. The molecule has 2 aliphatic heterocycles. The Kier molecular flexibility index (Phi) is 2.35. The van der Waals surface area contributed by atoms with Crippen molar-refractivity contribution in [2.24, 2.45) is 5.92 Å². The van der Waals surface area contributed by atoms with E-state index in [9.17, 15) is 0 Å². The van der Waals surface area contributed by atoms with Crippen molar-refractivity contribution in [2.45, 2.75) is 25.5 Å². The van der Waals surface area contributed by atoms with E-state index in [0.717, 1.165) is 12.5 Å². The smallest absolute Gasteiger partial charge is 0.0636 e. The van der Waals surface area contributed by atoms with Crippen LogP contribution in [0, 0.1) is 5.92 Å². The normalized spacial score (nSPS) is 42.0. The number of piperidine rings is 1. The summed E-state index contributed by atoms with van der Waals surface area (Å²) in [6.07, 6.45) is 1.14. The quantitative estimate of drug-likeness (QED) is 0.608. The van der Waals surface area contributed by atoms with Crippen LogP contribution < -0.4 is 5.32 Å². The number of nitrogens with zero attached hydrogens (tertiary/aromatic N) is 1. The van der Waals surface area contributed by atoms with Gasteiger partial charge in [0.25, 0.3) is 0 Å². The highest BCUT2D eigenvalue weighted by molar-refractivity contribution is 4.94. The fourth-order valence-electron chi connectivity index (χ4n) is 2.34. The second-order valence-corrected chi connectivity index (χ2v) is 4.17. The summed E-state index contributed by atoms with van der Waals surface area (Å²) in [6.45, 7) is 6.34. The molecule has 2 bridgehead atoms. The van der Waals surface area contributed by atoms with Crippen molar-refractivity contribution in [1.29, 1.82) is 0 Å².